The second-order valence-electron chi connectivity index (χ2n) is 4.54. The quantitative estimate of drug-likeness (QED) is 0.786. The minimum absolute atomic E-state index is 0.207. The maximum absolute atomic E-state index is 8.93. The van der Waals surface area contributed by atoms with E-state index in [9.17, 15) is 0 Å². The van der Waals surface area contributed by atoms with Crippen molar-refractivity contribution < 1.29 is 5.11 Å². The molecule has 1 aromatic heterocycles. The molecule has 0 aliphatic rings. The standard InChI is InChI=1S/C13H23N3O/c1-10(2)16(5-4-6-17)13-8-12(9-14)7-11(3)15-13/h7-8,10,17H,4-6,9,14H2,1-3H3. The lowest BCUT2D eigenvalue weighted by molar-refractivity contribution is 0.288. The first-order valence-corrected chi connectivity index (χ1v) is 6.13. The van der Waals surface area contributed by atoms with Gasteiger partial charge in [-0.2, -0.15) is 0 Å². The van der Waals surface area contributed by atoms with E-state index in [1.807, 2.05) is 19.1 Å². The fourth-order valence-corrected chi connectivity index (χ4v) is 1.86. The highest BCUT2D eigenvalue weighted by atomic mass is 16.3. The van der Waals surface area contributed by atoms with Crippen molar-refractivity contribution >= 4 is 5.82 Å². The highest BCUT2D eigenvalue weighted by molar-refractivity contribution is 5.43. The van der Waals surface area contributed by atoms with E-state index in [0.717, 1.165) is 30.0 Å². The number of pyridine rings is 1. The number of aliphatic hydroxyl groups is 1. The Morgan fingerprint density at radius 3 is 2.65 bits per heavy atom. The molecule has 0 aromatic carbocycles. The van der Waals surface area contributed by atoms with E-state index in [2.05, 4.69) is 23.7 Å². The molecule has 1 aromatic rings. The van der Waals surface area contributed by atoms with E-state index in [4.69, 9.17) is 10.8 Å². The van der Waals surface area contributed by atoms with E-state index in [0.29, 0.717) is 12.6 Å². The number of aryl methyl sites for hydroxylation is 1. The molecule has 0 atom stereocenters. The van der Waals surface area contributed by atoms with Crippen LogP contribution < -0.4 is 10.6 Å². The summed E-state index contributed by atoms with van der Waals surface area (Å²) in [5.41, 5.74) is 7.76. The minimum Gasteiger partial charge on any atom is -0.396 e. The summed E-state index contributed by atoms with van der Waals surface area (Å²) in [6.07, 6.45) is 0.756. The molecule has 0 bridgehead atoms. The molecule has 0 saturated carbocycles. The molecule has 17 heavy (non-hydrogen) atoms. The lowest BCUT2D eigenvalue weighted by Crippen LogP contribution is -2.33. The van der Waals surface area contributed by atoms with Crippen molar-refractivity contribution in [1.82, 2.24) is 4.98 Å². The summed E-state index contributed by atoms with van der Waals surface area (Å²) in [5, 5.41) is 8.93. The van der Waals surface area contributed by atoms with Crippen LogP contribution in [0.3, 0.4) is 0 Å². The molecule has 0 spiro atoms. The maximum Gasteiger partial charge on any atom is 0.129 e. The Bertz CT molecular complexity index is 353. The van der Waals surface area contributed by atoms with Gasteiger partial charge < -0.3 is 15.7 Å². The second-order valence-corrected chi connectivity index (χ2v) is 4.54. The number of aromatic nitrogens is 1. The number of nitrogens with two attached hydrogens (primary N) is 1. The molecule has 0 radical (unpaired) electrons. The van der Waals surface area contributed by atoms with Crippen molar-refractivity contribution in [1.29, 1.82) is 0 Å². The molecule has 4 nitrogen and oxygen atoms in total. The Kier molecular flexibility index (Phi) is 5.38. The first-order chi connectivity index (χ1) is 8.08. The monoisotopic (exact) mass is 237 g/mol. The topological polar surface area (TPSA) is 62.4 Å². The average Bonchev–Trinajstić information content (AvgIpc) is 2.28. The van der Waals surface area contributed by atoms with Crippen LogP contribution in [0.15, 0.2) is 12.1 Å². The molecule has 1 heterocycles. The summed E-state index contributed by atoms with van der Waals surface area (Å²) in [4.78, 5) is 6.74. The van der Waals surface area contributed by atoms with E-state index in [1.54, 1.807) is 0 Å². The zero-order valence-electron chi connectivity index (χ0n) is 11.0. The summed E-state index contributed by atoms with van der Waals surface area (Å²) in [5.74, 6) is 0.953. The molecule has 3 N–H and O–H groups in total. The lowest BCUT2D eigenvalue weighted by atomic mass is 10.2. The predicted octanol–water partition coefficient (Wildman–Crippen LogP) is 1.45. The van der Waals surface area contributed by atoms with Gasteiger partial charge in [0.15, 0.2) is 0 Å². The van der Waals surface area contributed by atoms with Crippen LogP contribution in [0.25, 0.3) is 0 Å². The normalized spacial score (nSPS) is 10.9. The number of hydrogen-bond donors (Lipinski definition) is 2. The molecule has 0 saturated heterocycles. The van der Waals surface area contributed by atoms with Crippen molar-refractivity contribution in [3.63, 3.8) is 0 Å². The molecule has 96 valence electrons. The molecule has 0 aliphatic carbocycles. The van der Waals surface area contributed by atoms with E-state index in [1.165, 1.54) is 0 Å². The van der Waals surface area contributed by atoms with Crippen LogP contribution in [-0.2, 0) is 6.54 Å². The molecule has 0 aliphatic heterocycles. The fraction of sp³-hybridized carbons (Fsp3) is 0.615. The van der Waals surface area contributed by atoms with Gasteiger partial charge in [0.1, 0.15) is 5.82 Å². The SMILES string of the molecule is Cc1cc(CN)cc(N(CCCO)C(C)C)n1. The molecule has 0 unspecified atom stereocenters. The van der Waals surface area contributed by atoms with Gasteiger partial charge in [0.2, 0.25) is 0 Å². The van der Waals surface area contributed by atoms with Crippen LogP contribution in [0.5, 0.6) is 0 Å². The van der Waals surface area contributed by atoms with Crippen LogP contribution in [0.4, 0.5) is 5.82 Å². The Balaban J connectivity index is 2.96. The van der Waals surface area contributed by atoms with Gasteiger partial charge in [-0.3, -0.25) is 0 Å². The molecule has 4 heteroatoms. The van der Waals surface area contributed by atoms with Gasteiger partial charge >= 0.3 is 0 Å². The Morgan fingerprint density at radius 1 is 1.41 bits per heavy atom. The summed E-state index contributed by atoms with van der Waals surface area (Å²) >= 11 is 0. The number of hydrogen-bond acceptors (Lipinski definition) is 4. The Hall–Kier alpha value is -1.13. The smallest absolute Gasteiger partial charge is 0.129 e. The highest BCUT2D eigenvalue weighted by Crippen LogP contribution is 2.17. The average molecular weight is 237 g/mol. The van der Waals surface area contributed by atoms with Gasteiger partial charge in [0.25, 0.3) is 0 Å². The zero-order chi connectivity index (χ0) is 12.8. The van der Waals surface area contributed by atoms with E-state index < -0.39 is 0 Å². The third-order valence-electron chi connectivity index (χ3n) is 2.71. The zero-order valence-corrected chi connectivity index (χ0v) is 11.0. The maximum atomic E-state index is 8.93. The van der Waals surface area contributed by atoms with Gasteiger partial charge in [-0.25, -0.2) is 4.98 Å². The predicted molar refractivity (Wildman–Crippen MR) is 71.1 cm³/mol. The summed E-state index contributed by atoms with van der Waals surface area (Å²) < 4.78 is 0. The van der Waals surface area contributed by atoms with Crippen LogP contribution >= 0.6 is 0 Å². The molecule has 0 amide bonds. The third-order valence-corrected chi connectivity index (χ3v) is 2.71. The lowest BCUT2D eigenvalue weighted by Gasteiger charge is -2.28. The molecular weight excluding hydrogens is 214 g/mol. The first-order valence-electron chi connectivity index (χ1n) is 6.13. The van der Waals surface area contributed by atoms with Crippen molar-refractivity contribution in [3.8, 4) is 0 Å². The minimum atomic E-state index is 0.207. The second kappa shape index (κ2) is 6.57. The van der Waals surface area contributed by atoms with Crippen molar-refractivity contribution in [2.45, 2.75) is 39.8 Å². The largest absolute Gasteiger partial charge is 0.396 e. The summed E-state index contributed by atoms with van der Waals surface area (Å²) in [6.45, 7) is 7.79. The van der Waals surface area contributed by atoms with Crippen molar-refractivity contribution in [3.05, 3.63) is 23.4 Å². The van der Waals surface area contributed by atoms with Gasteiger partial charge in [-0.1, -0.05) is 0 Å². The summed E-state index contributed by atoms with van der Waals surface area (Å²) in [6, 6.07) is 4.40. The van der Waals surface area contributed by atoms with Gasteiger partial charge in [-0.15, -0.1) is 0 Å². The van der Waals surface area contributed by atoms with Gasteiger partial charge in [0, 0.05) is 31.4 Å². The van der Waals surface area contributed by atoms with E-state index in [-0.39, 0.29) is 6.61 Å². The summed E-state index contributed by atoms with van der Waals surface area (Å²) in [7, 11) is 0. The third kappa shape index (κ3) is 3.98. The molecular formula is C13H23N3O. The van der Waals surface area contributed by atoms with Crippen LogP contribution in [0.2, 0.25) is 0 Å². The van der Waals surface area contributed by atoms with Crippen molar-refractivity contribution in [2.75, 3.05) is 18.1 Å². The number of aliphatic hydroxyl groups excluding tert-OH is 1. The number of rotatable bonds is 6. The fourth-order valence-electron chi connectivity index (χ4n) is 1.86. The highest BCUT2D eigenvalue weighted by Gasteiger charge is 2.12. The van der Waals surface area contributed by atoms with Crippen LogP contribution in [0, 0.1) is 6.92 Å². The van der Waals surface area contributed by atoms with Gasteiger partial charge in [-0.05, 0) is 44.9 Å². The van der Waals surface area contributed by atoms with Crippen LogP contribution in [0.1, 0.15) is 31.5 Å². The molecule has 1 rings (SSSR count). The van der Waals surface area contributed by atoms with E-state index >= 15 is 0 Å². The molecule has 0 fully saturated rings. The Morgan fingerprint density at radius 2 is 2.12 bits per heavy atom. The number of anilines is 1. The van der Waals surface area contributed by atoms with Gasteiger partial charge in [0.05, 0.1) is 0 Å². The first kappa shape index (κ1) is 13.9. The Labute approximate surface area is 103 Å². The van der Waals surface area contributed by atoms with Crippen LogP contribution in [-0.4, -0.2) is 29.3 Å². The van der Waals surface area contributed by atoms with Crippen molar-refractivity contribution in [2.24, 2.45) is 5.73 Å². The number of nitrogens with zero attached hydrogens (tertiary/aromatic N) is 2.